The smallest absolute Gasteiger partial charge is 0.109 e. The van der Waals surface area contributed by atoms with Crippen LogP contribution in [0.2, 0.25) is 0 Å². The zero-order valence-corrected chi connectivity index (χ0v) is 15.7. The van der Waals surface area contributed by atoms with Gasteiger partial charge in [-0.15, -0.1) is 0 Å². The Balaban J connectivity index is 1.67. The molecule has 2 unspecified atom stereocenters. The maximum Gasteiger partial charge on any atom is 0.109 e. The van der Waals surface area contributed by atoms with Crippen molar-refractivity contribution in [1.82, 2.24) is 9.55 Å². The van der Waals surface area contributed by atoms with E-state index in [1.807, 2.05) is 0 Å². The molecule has 0 radical (unpaired) electrons. The number of hydrogen-bond acceptors (Lipinski definition) is 2. The first kappa shape index (κ1) is 17.5. The minimum absolute atomic E-state index is 0.425. The van der Waals surface area contributed by atoms with Crippen LogP contribution in [0.4, 0.5) is 0 Å². The van der Waals surface area contributed by atoms with Gasteiger partial charge in [-0.05, 0) is 42.7 Å². The number of rotatable bonds is 6. The van der Waals surface area contributed by atoms with E-state index >= 15 is 0 Å². The fraction of sp³-hybridized carbons (Fsp3) is 0.667. The number of imidazole rings is 1. The monoisotopic (exact) mass is 328 g/mol. The van der Waals surface area contributed by atoms with Crippen LogP contribution in [0.3, 0.4) is 0 Å². The molecule has 132 valence electrons. The van der Waals surface area contributed by atoms with Crippen molar-refractivity contribution in [3.05, 3.63) is 30.1 Å². The Morgan fingerprint density at radius 3 is 2.79 bits per heavy atom. The van der Waals surface area contributed by atoms with Crippen molar-refractivity contribution in [2.24, 2.45) is 17.8 Å². The van der Waals surface area contributed by atoms with Crippen molar-refractivity contribution < 1.29 is 4.74 Å². The summed E-state index contributed by atoms with van der Waals surface area (Å²) in [7, 11) is 0. The molecule has 24 heavy (non-hydrogen) atoms. The van der Waals surface area contributed by atoms with E-state index in [9.17, 15) is 0 Å². The summed E-state index contributed by atoms with van der Waals surface area (Å²) in [5.74, 6) is 3.39. The Morgan fingerprint density at radius 1 is 1.25 bits per heavy atom. The number of aryl methyl sites for hydroxylation is 1. The lowest BCUT2D eigenvalue weighted by atomic mass is 9.75. The molecule has 1 aliphatic rings. The highest BCUT2D eigenvalue weighted by Crippen LogP contribution is 2.35. The lowest BCUT2D eigenvalue weighted by Gasteiger charge is -2.37. The van der Waals surface area contributed by atoms with Gasteiger partial charge in [0.05, 0.1) is 23.7 Å². The third kappa shape index (κ3) is 3.66. The van der Waals surface area contributed by atoms with Gasteiger partial charge >= 0.3 is 0 Å². The van der Waals surface area contributed by atoms with Crippen LogP contribution < -0.4 is 0 Å². The molecule has 0 amide bonds. The van der Waals surface area contributed by atoms with Crippen molar-refractivity contribution >= 4 is 11.0 Å². The molecule has 0 N–H and O–H groups in total. The normalized spacial score (nSPS) is 24.8. The molecule has 0 aliphatic heterocycles. The second-order valence-corrected chi connectivity index (χ2v) is 7.76. The van der Waals surface area contributed by atoms with E-state index in [-0.39, 0.29) is 0 Å². The molecule has 1 aromatic carbocycles. The van der Waals surface area contributed by atoms with Gasteiger partial charge in [0.2, 0.25) is 0 Å². The maximum atomic E-state index is 6.40. The van der Waals surface area contributed by atoms with Crippen molar-refractivity contribution in [3.63, 3.8) is 0 Å². The number of ether oxygens (including phenoxy) is 1. The van der Waals surface area contributed by atoms with Gasteiger partial charge in [0, 0.05) is 13.0 Å². The lowest BCUT2D eigenvalue weighted by molar-refractivity contribution is -0.0407. The highest BCUT2D eigenvalue weighted by atomic mass is 16.5. The van der Waals surface area contributed by atoms with Gasteiger partial charge in [0.1, 0.15) is 5.82 Å². The first-order valence-corrected chi connectivity index (χ1v) is 9.65. The standard InChI is InChI=1S/C21H32N2O/c1-5-21-22-18-8-6-7-9-19(18)23(21)12-13-24-20-14-16(4)10-11-17(20)15(2)3/h6-9,15-17,20H,5,10-14H2,1-4H3/t16?,17?,20-/m1/s1. The molecule has 0 spiro atoms. The number of nitrogens with zero attached hydrogens (tertiary/aromatic N) is 2. The van der Waals surface area contributed by atoms with Crippen LogP contribution in [0.5, 0.6) is 0 Å². The van der Waals surface area contributed by atoms with Crippen molar-refractivity contribution in [2.45, 2.75) is 66.0 Å². The maximum absolute atomic E-state index is 6.40. The number of hydrogen-bond donors (Lipinski definition) is 0. The van der Waals surface area contributed by atoms with E-state index in [1.54, 1.807) is 0 Å². The fourth-order valence-corrected chi connectivity index (χ4v) is 4.25. The second kappa shape index (κ2) is 7.69. The van der Waals surface area contributed by atoms with Gasteiger partial charge in [-0.1, -0.05) is 46.2 Å². The molecule has 1 heterocycles. The molecule has 3 atom stereocenters. The molecule has 1 saturated carbocycles. The molecule has 3 rings (SSSR count). The topological polar surface area (TPSA) is 27.1 Å². The average molecular weight is 329 g/mol. The van der Waals surface area contributed by atoms with Crippen LogP contribution >= 0.6 is 0 Å². The molecule has 2 aromatic rings. The van der Waals surface area contributed by atoms with E-state index < -0.39 is 0 Å². The largest absolute Gasteiger partial charge is 0.376 e. The second-order valence-electron chi connectivity index (χ2n) is 7.76. The third-order valence-corrected chi connectivity index (χ3v) is 5.66. The van der Waals surface area contributed by atoms with Crippen molar-refractivity contribution in [2.75, 3.05) is 6.61 Å². The van der Waals surface area contributed by atoms with Gasteiger partial charge in [-0.3, -0.25) is 0 Å². The molecule has 0 bridgehead atoms. The molecular formula is C21H32N2O. The first-order valence-electron chi connectivity index (χ1n) is 9.65. The quantitative estimate of drug-likeness (QED) is 0.739. The van der Waals surface area contributed by atoms with Crippen LogP contribution in [-0.2, 0) is 17.7 Å². The van der Waals surface area contributed by atoms with Gasteiger partial charge in [-0.2, -0.15) is 0 Å². The Morgan fingerprint density at radius 2 is 2.04 bits per heavy atom. The van der Waals surface area contributed by atoms with Crippen LogP contribution in [0.1, 0.15) is 52.8 Å². The minimum atomic E-state index is 0.425. The summed E-state index contributed by atoms with van der Waals surface area (Å²) in [6.07, 6.45) is 5.28. The van der Waals surface area contributed by atoms with Crippen LogP contribution in [-0.4, -0.2) is 22.3 Å². The highest BCUT2D eigenvalue weighted by molar-refractivity contribution is 5.75. The van der Waals surface area contributed by atoms with Crippen molar-refractivity contribution in [1.29, 1.82) is 0 Å². The Bertz CT molecular complexity index is 661. The fourth-order valence-electron chi connectivity index (χ4n) is 4.25. The predicted molar refractivity (Wildman–Crippen MR) is 100 cm³/mol. The third-order valence-electron chi connectivity index (χ3n) is 5.66. The number of para-hydroxylation sites is 2. The SMILES string of the molecule is CCc1nc2ccccc2n1CCO[C@@H]1CC(C)CCC1C(C)C. The summed E-state index contributed by atoms with van der Waals surface area (Å²) in [6, 6.07) is 8.43. The first-order chi connectivity index (χ1) is 11.6. The number of benzene rings is 1. The van der Waals surface area contributed by atoms with E-state index in [1.165, 1.54) is 24.8 Å². The summed E-state index contributed by atoms with van der Waals surface area (Å²) < 4.78 is 8.74. The summed E-state index contributed by atoms with van der Waals surface area (Å²) in [5, 5.41) is 0. The Labute approximate surface area is 146 Å². The van der Waals surface area contributed by atoms with Crippen LogP contribution in [0, 0.1) is 17.8 Å². The van der Waals surface area contributed by atoms with E-state index in [0.717, 1.165) is 36.8 Å². The highest BCUT2D eigenvalue weighted by Gasteiger charge is 2.31. The Hall–Kier alpha value is -1.35. The Kier molecular flexibility index (Phi) is 5.60. The summed E-state index contributed by atoms with van der Waals surface area (Å²) >= 11 is 0. The summed E-state index contributed by atoms with van der Waals surface area (Å²) in [4.78, 5) is 4.76. The average Bonchev–Trinajstić information content (AvgIpc) is 2.93. The van der Waals surface area contributed by atoms with E-state index in [4.69, 9.17) is 9.72 Å². The van der Waals surface area contributed by atoms with Crippen molar-refractivity contribution in [3.8, 4) is 0 Å². The van der Waals surface area contributed by atoms with Crippen LogP contribution in [0.25, 0.3) is 11.0 Å². The zero-order valence-electron chi connectivity index (χ0n) is 15.7. The van der Waals surface area contributed by atoms with Gasteiger partial charge < -0.3 is 9.30 Å². The predicted octanol–water partition coefficient (Wildman–Crippen LogP) is 5.08. The zero-order chi connectivity index (χ0) is 17.1. The van der Waals surface area contributed by atoms with Gasteiger partial charge in [-0.25, -0.2) is 4.98 Å². The molecule has 3 nitrogen and oxygen atoms in total. The number of fused-ring (bicyclic) bond motifs is 1. The molecule has 0 saturated heterocycles. The van der Waals surface area contributed by atoms with Gasteiger partial charge in [0.25, 0.3) is 0 Å². The van der Waals surface area contributed by atoms with Crippen LogP contribution in [0.15, 0.2) is 24.3 Å². The van der Waals surface area contributed by atoms with Gasteiger partial charge in [0.15, 0.2) is 0 Å². The number of aromatic nitrogens is 2. The molecule has 3 heteroatoms. The molecule has 1 aliphatic carbocycles. The molecular weight excluding hydrogens is 296 g/mol. The molecule has 1 fully saturated rings. The van der Waals surface area contributed by atoms with E-state index in [0.29, 0.717) is 17.9 Å². The lowest BCUT2D eigenvalue weighted by Crippen LogP contribution is -2.35. The minimum Gasteiger partial charge on any atom is -0.376 e. The summed E-state index contributed by atoms with van der Waals surface area (Å²) in [6.45, 7) is 10.9. The summed E-state index contributed by atoms with van der Waals surface area (Å²) in [5.41, 5.74) is 2.33. The van der Waals surface area contributed by atoms with E-state index in [2.05, 4.69) is 56.5 Å². The molecule has 1 aromatic heterocycles.